The van der Waals surface area contributed by atoms with E-state index in [1.165, 1.54) is 44.5 Å². The Morgan fingerprint density at radius 3 is 2.33 bits per heavy atom. The van der Waals surface area contributed by atoms with Gasteiger partial charge in [-0.25, -0.2) is 9.59 Å². The molecular weight excluding hydrogens is 378 g/mol. The molecule has 0 bridgehead atoms. The molecule has 0 atom stereocenters. The van der Waals surface area contributed by atoms with Crippen LogP contribution in [0.5, 0.6) is 5.75 Å². The smallest absolute Gasteiger partial charge is 0.414 e. The molecule has 0 amide bonds. The summed E-state index contributed by atoms with van der Waals surface area (Å²) in [6, 6.07) is 6.17. The Morgan fingerprint density at radius 2 is 1.79 bits per heavy atom. The molecule has 0 aromatic heterocycles. The molecule has 0 aliphatic carbocycles. The fourth-order valence-corrected chi connectivity index (χ4v) is 2.88. The molecule has 0 spiro atoms. The summed E-state index contributed by atoms with van der Waals surface area (Å²) in [6.45, 7) is 6.75. The first-order chi connectivity index (χ1) is 11.4. The molecule has 0 radical (unpaired) electrons. The molecular formula is C17H24BrNO5. The molecule has 0 unspecified atom stereocenters. The van der Waals surface area contributed by atoms with E-state index in [1.807, 2.05) is 12.1 Å². The highest BCUT2D eigenvalue weighted by Crippen LogP contribution is 2.22. The normalized spacial score (nSPS) is 13.9. The van der Waals surface area contributed by atoms with E-state index < -0.39 is 11.9 Å². The monoisotopic (exact) mass is 401 g/mol. The van der Waals surface area contributed by atoms with Crippen molar-refractivity contribution in [2.24, 2.45) is 0 Å². The lowest BCUT2D eigenvalue weighted by Gasteiger charge is -2.14. The lowest BCUT2D eigenvalue weighted by molar-refractivity contribution is -0.159. The second-order valence-electron chi connectivity index (χ2n) is 5.62. The third-order valence-electron chi connectivity index (χ3n) is 3.64. The van der Waals surface area contributed by atoms with Crippen LogP contribution in [0.3, 0.4) is 0 Å². The third kappa shape index (κ3) is 8.31. The molecule has 24 heavy (non-hydrogen) atoms. The van der Waals surface area contributed by atoms with E-state index >= 15 is 0 Å². The summed E-state index contributed by atoms with van der Waals surface area (Å²) >= 11 is 3.47. The average molecular weight is 402 g/mol. The van der Waals surface area contributed by atoms with Crippen LogP contribution in [-0.4, -0.2) is 53.3 Å². The first kappa shape index (κ1) is 20.4. The molecule has 1 fully saturated rings. The molecule has 1 saturated heterocycles. The van der Waals surface area contributed by atoms with E-state index in [2.05, 4.69) is 33.8 Å². The second kappa shape index (κ2) is 11.0. The minimum atomic E-state index is -1.82. The minimum Gasteiger partial charge on any atom is -0.493 e. The fourth-order valence-electron chi connectivity index (χ4n) is 2.40. The van der Waals surface area contributed by atoms with Crippen LogP contribution < -0.4 is 4.74 Å². The molecule has 0 saturated carbocycles. The maximum absolute atomic E-state index is 9.10. The van der Waals surface area contributed by atoms with Crippen molar-refractivity contribution >= 4 is 27.9 Å². The molecule has 134 valence electrons. The van der Waals surface area contributed by atoms with Gasteiger partial charge in [0, 0.05) is 4.47 Å². The Balaban J connectivity index is 0.000000413. The topological polar surface area (TPSA) is 87.1 Å². The SMILES string of the molecule is Cc1cc(Br)ccc1OCCCCN1CCCC1.O=C(O)C(=O)O. The standard InChI is InChI=1S/C15H22BrNO.C2H2O4/c1-13-12-14(16)6-7-15(13)18-11-5-4-10-17-8-2-3-9-17;3-1(4)2(5)6/h6-7,12H,2-5,8-11H2,1H3;(H,3,4)(H,5,6). The van der Waals surface area contributed by atoms with Gasteiger partial charge in [0.25, 0.3) is 0 Å². The van der Waals surface area contributed by atoms with Crippen LogP contribution in [0.15, 0.2) is 22.7 Å². The maximum Gasteiger partial charge on any atom is 0.414 e. The van der Waals surface area contributed by atoms with E-state index in [-0.39, 0.29) is 0 Å². The summed E-state index contributed by atoms with van der Waals surface area (Å²) in [5, 5.41) is 14.8. The van der Waals surface area contributed by atoms with Crippen LogP contribution in [0.4, 0.5) is 0 Å². The van der Waals surface area contributed by atoms with E-state index in [9.17, 15) is 0 Å². The quantitative estimate of drug-likeness (QED) is 0.562. The van der Waals surface area contributed by atoms with Gasteiger partial charge in [0.2, 0.25) is 0 Å². The number of nitrogens with zero attached hydrogens (tertiary/aromatic N) is 1. The summed E-state index contributed by atoms with van der Waals surface area (Å²) in [5.74, 6) is -2.63. The zero-order chi connectivity index (χ0) is 17.9. The number of aliphatic carboxylic acids is 2. The van der Waals surface area contributed by atoms with Crippen molar-refractivity contribution in [3.8, 4) is 5.75 Å². The van der Waals surface area contributed by atoms with Gasteiger partial charge in [-0.3, -0.25) is 0 Å². The molecule has 1 aliphatic rings. The molecule has 1 aliphatic heterocycles. The molecule has 1 aromatic carbocycles. The highest BCUT2D eigenvalue weighted by atomic mass is 79.9. The predicted molar refractivity (Wildman–Crippen MR) is 94.6 cm³/mol. The largest absolute Gasteiger partial charge is 0.493 e. The van der Waals surface area contributed by atoms with Crippen molar-refractivity contribution in [1.29, 1.82) is 0 Å². The molecule has 1 aromatic rings. The van der Waals surface area contributed by atoms with Crippen LogP contribution in [-0.2, 0) is 9.59 Å². The van der Waals surface area contributed by atoms with Crippen molar-refractivity contribution in [3.05, 3.63) is 28.2 Å². The number of aryl methyl sites for hydroxylation is 1. The Hall–Kier alpha value is -1.60. The third-order valence-corrected chi connectivity index (χ3v) is 4.14. The predicted octanol–water partition coefficient (Wildman–Crippen LogP) is 3.17. The number of hydrogen-bond acceptors (Lipinski definition) is 4. The van der Waals surface area contributed by atoms with Gasteiger partial charge in [-0.1, -0.05) is 15.9 Å². The van der Waals surface area contributed by atoms with Gasteiger partial charge in [-0.15, -0.1) is 0 Å². The van der Waals surface area contributed by atoms with Crippen LogP contribution in [0.2, 0.25) is 0 Å². The van der Waals surface area contributed by atoms with Gasteiger partial charge in [-0.05, 0) is 76.0 Å². The lowest BCUT2D eigenvalue weighted by Crippen LogP contribution is -2.20. The zero-order valence-corrected chi connectivity index (χ0v) is 15.4. The second-order valence-corrected chi connectivity index (χ2v) is 6.54. The maximum atomic E-state index is 9.10. The van der Waals surface area contributed by atoms with Crippen molar-refractivity contribution in [3.63, 3.8) is 0 Å². The van der Waals surface area contributed by atoms with Crippen molar-refractivity contribution in [2.75, 3.05) is 26.2 Å². The number of halogens is 1. The molecule has 2 rings (SSSR count). The lowest BCUT2D eigenvalue weighted by atomic mass is 10.2. The van der Waals surface area contributed by atoms with Gasteiger partial charge in [0.05, 0.1) is 6.61 Å². The number of rotatable bonds is 6. The van der Waals surface area contributed by atoms with Crippen LogP contribution in [0.1, 0.15) is 31.2 Å². The van der Waals surface area contributed by atoms with Gasteiger partial charge >= 0.3 is 11.9 Å². The van der Waals surface area contributed by atoms with E-state index in [0.717, 1.165) is 23.2 Å². The zero-order valence-electron chi connectivity index (χ0n) is 13.8. The van der Waals surface area contributed by atoms with E-state index in [1.54, 1.807) is 0 Å². The van der Waals surface area contributed by atoms with Crippen molar-refractivity contribution < 1.29 is 24.5 Å². The number of likely N-dealkylation sites (tertiary alicyclic amines) is 1. The van der Waals surface area contributed by atoms with E-state index in [0.29, 0.717) is 0 Å². The number of carboxylic acids is 2. The van der Waals surface area contributed by atoms with Crippen LogP contribution in [0, 0.1) is 6.92 Å². The number of unbranched alkanes of at least 4 members (excludes halogenated alkanes) is 1. The first-order valence-electron chi connectivity index (χ1n) is 7.97. The van der Waals surface area contributed by atoms with Gasteiger partial charge < -0.3 is 19.8 Å². The summed E-state index contributed by atoms with van der Waals surface area (Å²) < 4.78 is 6.93. The number of hydrogen-bond donors (Lipinski definition) is 2. The van der Waals surface area contributed by atoms with Gasteiger partial charge in [0.15, 0.2) is 0 Å². The summed E-state index contributed by atoms with van der Waals surface area (Å²) in [5.41, 5.74) is 1.20. The van der Waals surface area contributed by atoms with E-state index in [4.69, 9.17) is 24.5 Å². The summed E-state index contributed by atoms with van der Waals surface area (Å²) in [7, 11) is 0. The van der Waals surface area contributed by atoms with Gasteiger partial charge in [0.1, 0.15) is 5.75 Å². The highest BCUT2D eigenvalue weighted by Gasteiger charge is 2.10. The number of carboxylic acid groups (broad SMARTS) is 2. The van der Waals surface area contributed by atoms with Crippen molar-refractivity contribution in [1.82, 2.24) is 4.90 Å². The van der Waals surface area contributed by atoms with Crippen LogP contribution in [0.25, 0.3) is 0 Å². The average Bonchev–Trinajstić information content (AvgIpc) is 3.02. The summed E-state index contributed by atoms with van der Waals surface area (Å²) in [4.78, 5) is 20.8. The molecule has 6 nitrogen and oxygen atoms in total. The number of benzene rings is 1. The number of carbonyl (C=O) groups is 2. The molecule has 2 N–H and O–H groups in total. The minimum absolute atomic E-state index is 0.830. The molecule has 1 heterocycles. The highest BCUT2D eigenvalue weighted by molar-refractivity contribution is 9.10. The Labute approximate surface area is 150 Å². The first-order valence-corrected chi connectivity index (χ1v) is 8.77. The fraction of sp³-hybridized carbons (Fsp3) is 0.529. The van der Waals surface area contributed by atoms with Gasteiger partial charge in [-0.2, -0.15) is 0 Å². The molecule has 7 heteroatoms. The Kier molecular flexibility index (Phi) is 9.41. The van der Waals surface area contributed by atoms with Crippen molar-refractivity contribution in [2.45, 2.75) is 32.6 Å². The Bertz CT molecular complexity index is 532. The summed E-state index contributed by atoms with van der Waals surface area (Å²) in [6.07, 6.45) is 5.16. The number of ether oxygens (including phenoxy) is 1. The van der Waals surface area contributed by atoms with Crippen LogP contribution >= 0.6 is 15.9 Å². The Morgan fingerprint density at radius 1 is 1.17 bits per heavy atom.